The Bertz CT molecular complexity index is 4050. The number of aryl methyl sites for hydroxylation is 4. The number of piperidine rings is 4. The first-order valence-electron chi connectivity index (χ1n) is 35.7. The Labute approximate surface area is 595 Å². The number of benzene rings is 4. The number of likely N-dealkylation sites (tertiary alicyclic amines) is 4. The van der Waals surface area contributed by atoms with E-state index in [9.17, 15) is 19.2 Å². The van der Waals surface area contributed by atoms with E-state index in [4.69, 9.17) is 44.9 Å². The first kappa shape index (κ1) is 74.5. The number of hydrogen-bond donors (Lipinski definition) is 4. The van der Waals surface area contributed by atoms with E-state index in [0.29, 0.717) is 110 Å². The van der Waals surface area contributed by atoms with Crippen LogP contribution in [0.1, 0.15) is 138 Å². The number of halogens is 2. The lowest BCUT2D eigenvalue weighted by Gasteiger charge is -2.30. The number of likely N-dealkylation sites (N-methyl/N-ethyl adjacent to an activating group) is 3. The molecule has 2 saturated carbocycles. The van der Waals surface area contributed by atoms with Gasteiger partial charge in [0.05, 0.1) is 40.0 Å². The summed E-state index contributed by atoms with van der Waals surface area (Å²) in [5.74, 6) is 2.70. The maximum absolute atomic E-state index is 13.4. The second kappa shape index (κ2) is 36.4. The minimum Gasteiger partial charge on any atom is -0.506 e. The molecule has 19 nitrogen and oxygen atoms in total. The van der Waals surface area contributed by atoms with Crippen LogP contribution in [0.25, 0.3) is 43.9 Å². The molecule has 4 atom stereocenters. The molecule has 14 rings (SSSR count). The summed E-state index contributed by atoms with van der Waals surface area (Å²) < 4.78 is 32.0. The van der Waals surface area contributed by atoms with E-state index in [1.165, 1.54) is 51.3 Å². The molecule has 4 aliphatic heterocycles. The Morgan fingerprint density at radius 1 is 0.545 bits per heavy atom. The van der Waals surface area contributed by atoms with Gasteiger partial charge in [-0.15, -0.1) is 11.6 Å². The van der Waals surface area contributed by atoms with Crippen molar-refractivity contribution in [1.82, 2.24) is 40.2 Å². The first-order valence-corrected chi connectivity index (χ1v) is 36.9. The van der Waals surface area contributed by atoms with Crippen LogP contribution >= 0.6 is 27.5 Å². The van der Waals surface area contributed by atoms with E-state index >= 15 is 0 Å². The van der Waals surface area contributed by atoms with Crippen LogP contribution in [0.2, 0.25) is 0 Å². The number of hydrogen-bond acceptors (Lipinski definition) is 17. The summed E-state index contributed by atoms with van der Waals surface area (Å²) >= 11 is 9.31. The number of β-amino-alcohol motifs (C(OH)–C–C–N with tert-alkyl or cyclic N) is 1. The number of fused-ring (bicyclic) bond motifs is 4. The standard InChI is InChI=1S/C33H37N3O5.C20H20BrNO3.C13H18N2O2.C6H12ClN.C6H13NO/c1-21-16-28-32(38)27-13-12-24(18-29(27)41-33(28)30(17-21)40-26-8-5-15-36(2)20-26)39-25-11-9-22(34-19-25)10-14-31(37)35-23-6-3-4-7-23;1-12-8-16-19(23)15-6-5-13(21)10-17(15)25-20(16)18(9-12)24-14-4-3-7-22(2)11-14;16-12-7-5-10(14-9-12)6-8-13(17)15-11-3-1-2-4-11;1-8-4-2-3-6(7)5-8;1-7-4-2-3-6(8)5-7/h9,11-13,16-19,23,26H,3-8,10,14-15,20H2,1-2H3,(H,35,37);5-6,8-10,14H,3-4,7,11H2,1-2H3;5,7,9,11,16H,1-4,6,8H2,(H,15,17);6H,2-5H2,1H3;6,8H,2-5H2,1H3. The second-order valence-electron chi connectivity index (χ2n) is 28.0. The van der Waals surface area contributed by atoms with Crippen molar-refractivity contribution in [2.75, 3.05) is 80.5 Å². The topological polar surface area (TPSA) is 226 Å². The first-order chi connectivity index (χ1) is 47.7. The Morgan fingerprint density at radius 3 is 1.45 bits per heavy atom. The predicted molar refractivity (Wildman–Crippen MR) is 396 cm³/mol. The van der Waals surface area contributed by atoms with E-state index in [0.717, 1.165) is 137 Å². The van der Waals surface area contributed by atoms with Crippen molar-refractivity contribution in [3.8, 4) is 28.7 Å². The van der Waals surface area contributed by atoms with Crippen LogP contribution in [-0.2, 0) is 22.4 Å². The molecule has 4 unspecified atom stereocenters. The third-order valence-corrected chi connectivity index (χ3v) is 20.0. The third kappa shape index (κ3) is 22.4. The molecule has 21 heteroatoms. The van der Waals surface area contributed by atoms with Crippen molar-refractivity contribution < 1.29 is 42.8 Å². The van der Waals surface area contributed by atoms with Gasteiger partial charge in [-0.2, -0.15) is 0 Å². The van der Waals surface area contributed by atoms with Crippen LogP contribution < -0.4 is 35.7 Å². The number of alkyl halides is 1. The Balaban J connectivity index is 0.000000154. The summed E-state index contributed by atoms with van der Waals surface area (Å²) in [5.41, 5.74) is 5.52. The molecule has 6 aliphatic rings. The van der Waals surface area contributed by atoms with E-state index in [2.05, 4.69) is 77.3 Å². The van der Waals surface area contributed by atoms with E-state index in [1.807, 2.05) is 69.4 Å². The van der Waals surface area contributed by atoms with Crippen molar-refractivity contribution in [2.45, 2.75) is 178 Å². The fraction of sp³-hybridized carbons (Fsp3) is 0.513. The van der Waals surface area contributed by atoms with Crippen LogP contribution in [0.15, 0.2) is 120 Å². The number of nitrogens with one attached hydrogen (secondary N) is 2. The molecule has 2 aliphatic carbocycles. The molecule has 0 bridgehead atoms. The van der Waals surface area contributed by atoms with Crippen molar-refractivity contribution in [3.05, 3.63) is 145 Å². The molecular formula is C78H100BrClN8O11. The number of aliphatic hydroxyl groups excluding tert-OH is 1. The Hall–Kier alpha value is -7.17. The largest absolute Gasteiger partial charge is 0.506 e. The maximum atomic E-state index is 13.4. The van der Waals surface area contributed by atoms with Crippen molar-refractivity contribution >= 4 is 83.2 Å². The third-order valence-electron chi connectivity index (χ3n) is 19.1. The molecule has 0 radical (unpaired) electrons. The molecule has 532 valence electrons. The highest BCUT2D eigenvalue weighted by Gasteiger charge is 2.25. The molecule has 0 spiro atoms. The normalized spacial score (nSPS) is 20.3. The molecule has 4 N–H and O–H groups in total. The smallest absolute Gasteiger partial charge is 0.220 e. The van der Waals surface area contributed by atoms with Gasteiger partial charge in [0, 0.05) is 78.4 Å². The average molecular weight is 1440 g/mol. The summed E-state index contributed by atoms with van der Waals surface area (Å²) in [6.45, 7) is 12.1. The number of aliphatic hydroxyl groups is 1. The average Bonchev–Trinajstić information content (AvgIpc) is 1.26. The van der Waals surface area contributed by atoms with Gasteiger partial charge in [0.1, 0.15) is 40.6 Å². The number of rotatable bonds is 14. The molecule has 6 fully saturated rings. The van der Waals surface area contributed by atoms with Crippen LogP contribution in [0.4, 0.5) is 0 Å². The fourth-order valence-corrected chi connectivity index (χ4v) is 14.6. The van der Waals surface area contributed by atoms with Crippen molar-refractivity contribution in [3.63, 3.8) is 0 Å². The molecule has 8 heterocycles. The second-order valence-corrected chi connectivity index (χ2v) is 29.5. The van der Waals surface area contributed by atoms with Crippen LogP contribution in [-0.4, -0.2) is 168 Å². The molecule has 2 amide bonds. The van der Waals surface area contributed by atoms with Crippen LogP contribution in [0.5, 0.6) is 28.7 Å². The maximum Gasteiger partial charge on any atom is 0.220 e. The minimum absolute atomic E-state index is 0.0157. The van der Waals surface area contributed by atoms with Gasteiger partial charge in [-0.3, -0.25) is 29.1 Å². The Kier molecular flexibility index (Phi) is 27.4. The fourth-order valence-electron chi connectivity index (χ4n) is 13.9. The van der Waals surface area contributed by atoms with Gasteiger partial charge in [0.2, 0.25) is 22.7 Å². The van der Waals surface area contributed by atoms with Crippen molar-refractivity contribution in [2.24, 2.45) is 0 Å². The molecule has 8 aromatic rings. The monoisotopic (exact) mass is 1440 g/mol. The van der Waals surface area contributed by atoms with E-state index in [1.54, 1.807) is 42.6 Å². The molecule has 4 aromatic carbocycles. The zero-order chi connectivity index (χ0) is 70.0. The summed E-state index contributed by atoms with van der Waals surface area (Å²) in [6, 6.07) is 26.1. The summed E-state index contributed by atoms with van der Waals surface area (Å²) in [4.78, 5) is 67.7. The Morgan fingerprint density at radius 2 is 1.01 bits per heavy atom. The van der Waals surface area contributed by atoms with E-state index in [-0.39, 0.29) is 46.7 Å². The molecule has 4 aromatic heterocycles. The number of pyridine rings is 2. The summed E-state index contributed by atoms with van der Waals surface area (Å²) in [6.07, 6.45) is 23.3. The van der Waals surface area contributed by atoms with Gasteiger partial charge >= 0.3 is 0 Å². The predicted octanol–water partition coefficient (Wildman–Crippen LogP) is 13.6. The van der Waals surface area contributed by atoms with Gasteiger partial charge in [0.25, 0.3) is 0 Å². The highest BCUT2D eigenvalue weighted by molar-refractivity contribution is 9.10. The van der Waals surface area contributed by atoms with Gasteiger partial charge in [-0.05, 0) is 248 Å². The van der Waals surface area contributed by atoms with Gasteiger partial charge in [-0.25, -0.2) is 0 Å². The summed E-state index contributed by atoms with van der Waals surface area (Å²) in [7, 11) is 8.37. The van der Waals surface area contributed by atoms with Gasteiger partial charge in [0.15, 0.2) is 22.7 Å². The zero-order valence-electron chi connectivity index (χ0n) is 58.5. The highest BCUT2D eigenvalue weighted by atomic mass is 79.9. The lowest BCUT2D eigenvalue weighted by Crippen LogP contribution is -2.38. The number of carbonyl (C=O) groups excluding carboxylic acids is 2. The van der Waals surface area contributed by atoms with Crippen LogP contribution in [0, 0.1) is 13.8 Å². The van der Waals surface area contributed by atoms with Gasteiger partial charge < -0.3 is 63.5 Å². The molecule has 99 heavy (non-hydrogen) atoms. The zero-order valence-corrected chi connectivity index (χ0v) is 60.9. The minimum atomic E-state index is -0.0925. The SMILES string of the molecule is CN1CCCC(Cl)C1.CN1CCCC(O)C1.Cc1cc(OC2CCCN(C)C2)c2oc3cc(Br)ccc3c(=O)c2c1.Cc1cc(OC2CCCN(C)C2)c2oc3cc(Oc4ccc(CCC(=O)NC5CCCC5)nc4)ccc3c(=O)c2c1.O=C(CCc1ccc(O)cn1)NC1CCCC1. The lowest BCUT2D eigenvalue weighted by atomic mass is 10.1. The number of nitrogens with zero attached hydrogens (tertiary/aromatic N) is 6. The number of carbonyl (C=O) groups is 2. The van der Waals surface area contributed by atoms with Gasteiger partial charge in [-0.1, -0.05) is 41.6 Å². The summed E-state index contributed by atoms with van der Waals surface area (Å²) in [5, 5.41) is 26.9. The molecule has 4 saturated heterocycles. The van der Waals surface area contributed by atoms with Crippen LogP contribution in [0.3, 0.4) is 0 Å². The number of aromatic hydroxyl groups is 1. The highest BCUT2D eigenvalue weighted by Crippen LogP contribution is 2.35. The lowest BCUT2D eigenvalue weighted by molar-refractivity contribution is -0.122. The number of amides is 2. The number of aromatic nitrogens is 2. The van der Waals surface area contributed by atoms with Crippen molar-refractivity contribution in [1.29, 1.82) is 0 Å². The van der Waals surface area contributed by atoms with E-state index < -0.39 is 0 Å². The quantitative estimate of drug-likeness (QED) is 0.0586. The molecular weight excluding hydrogens is 1340 g/mol. The number of ether oxygens (including phenoxy) is 3.